The number of aromatic nitrogens is 2. The van der Waals surface area contributed by atoms with E-state index in [4.69, 9.17) is 5.26 Å². The number of amides is 1. The molecule has 0 aliphatic heterocycles. The summed E-state index contributed by atoms with van der Waals surface area (Å²) in [5, 5.41) is 12.1. The maximum absolute atomic E-state index is 13.7. The van der Waals surface area contributed by atoms with Crippen molar-refractivity contribution in [2.45, 2.75) is 38.3 Å². The van der Waals surface area contributed by atoms with Crippen LogP contribution in [0.5, 0.6) is 0 Å². The van der Waals surface area contributed by atoms with Gasteiger partial charge in [0.2, 0.25) is 0 Å². The van der Waals surface area contributed by atoms with E-state index in [0.717, 1.165) is 25.3 Å². The first-order valence-electron chi connectivity index (χ1n) is 10.6. The number of fused-ring (bicyclic) bond motifs is 2. The second-order valence-corrected chi connectivity index (χ2v) is 8.61. The fraction of sp³-hybridized carbons (Fsp3) is 0.375. The van der Waals surface area contributed by atoms with Gasteiger partial charge in [0.05, 0.1) is 29.0 Å². The maximum atomic E-state index is 13.7. The van der Waals surface area contributed by atoms with Crippen LogP contribution in [0.2, 0.25) is 0 Å². The van der Waals surface area contributed by atoms with Crippen LogP contribution in [0, 0.1) is 40.7 Å². The lowest BCUT2D eigenvalue weighted by molar-refractivity contribution is 0.0927. The summed E-state index contributed by atoms with van der Waals surface area (Å²) in [6, 6.07) is 11.4. The van der Waals surface area contributed by atoms with Crippen molar-refractivity contribution in [2.75, 3.05) is 0 Å². The van der Waals surface area contributed by atoms with Crippen LogP contribution in [0.1, 0.15) is 48.1 Å². The monoisotopic (exact) mass is 420 g/mol. The predicted octanol–water partition coefficient (Wildman–Crippen LogP) is 4.59. The topological polar surface area (TPSA) is 70.7 Å². The lowest BCUT2D eigenvalue weighted by atomic mass is 9.98. The van der Waals surface area contributed by atoms with Crippen LogP contribution in [0.25, 0.3) is 11.0 Å². The number of carbonyl (C=O) groups is 1. The van der Waals surface area contributed by atoms with Crippen molar-refractivity contribution < 1.29 is 13.6 Å². The van der Waals surface area contributed by atoms with Crippen LogP contribution in [0.15, 0.2) is 42.7 Å². The highest BCUT2D eigenvalue weighted by molar-refractivity contribution is 5.94. The van der Waals surface area contributed by atoms with Crippen LogP contribution in [0.4, 0.5) is 8.78 Å². The van der Waals surface area contributed by atoms with E-state index in [1.807, 2.05) is 4.57 Å². The van der Waals surface area contributed by atoms with E-state index in [-0.39, 0.29) is 18.0 Å². The predicted molar refractivity (Wildman–Crippen MR) is 111 cm³/mol. The van der Waals surface area contributed by atoms with Crippen molar-refractivity contribution in [3.8, 4) is 6.07 Å². The highest BCUT2D eigenvalue weighted by Crippen LogP contribution is 2.62. The molecular formula is C24H22F2N4O. The van der Waals surface area contributed by atoms with E-state index in [1.165, 1.54) is 6.07 Å². The SMILES string of the molecule is CC[C@@H](NC(=O)c1ccc(C#N)cc1)[C@H]1[C@@H]2C[C@@H](n3cnc4cc(F)c(F)cc43)C[C@@H]21. The Labute approximate surface area is 178 Å². The molecule has 7 heteroatoms. The molecule has 3 aromatic rings. The van der Waals surface area contributed by atoms with Gasteiger partial charge >= 0.3 is 0 Å². The fourth-order valence-corrected chi connectivity index (χ4v) is 5.42. The Morgan fingerprint density at radius 3 is 2.55 bits per heavy atom. The number of nitrogens with zero attached hydrogens (tertiary/aromatic N) is 3. The van der Waals surface area contributed by atoms with Gasteiger partial charge in [-0.25, -0.2) is 13.8 Å². The minimum absolute atomic E-state index is 0.102. The number of rotatable bonds is 5. The Morgan fingerprint density at radius 2 is 1.90 bits per heavy atom. The van der Waals surface area contributed by atoms with E-state index >= 15 is 0 Å². The maximum Gasteiger partial charge on any atom is 0.251 e. The lowest BCUT2D eigenvalue weighted by Gasteiger charge is -2.22. The highest BCUT2D eigenvalue weighted by Gasteiger charge is 2.59. The van der Waals surface area contributed by atoms with E-state index in [2.05, 4.69) is 23.3 Å². The Kier molecular flexibility index (Phi) is 4.73. The second-order valence-electron chi connectivity index (χ2n) is 8.61. The number of benzene rings is 2. The van der Waals surface area contributed by atoms with Crippen molar-refractivity contribution in [1.82, 2.24) is 14.9 Å². The second kappa shape index (κ2) is 7.45. The van der Waals surface area contributed by atoms with E-state index in [1.54, 1.807) is 30.6 Å². The minimum atomic E-state index is -0.879. The molecule has 2 saturated carbocycles. The average molecular weight is 420 g/mol. The first kappa shape index (κ1) is 19.7. The zero-order valence-corrected chi connectivity index (χ0v) is 17.1. The molecule has 5 rings (SSSR count). The van der Waals surface area contributed by atoms with Crippen LogP contribution in [-0.2, 0) is 0 Å². The molecule has 5 nitrogen and oxygen atoms in total. The first-order chi connectivity index (χ1) is 15.0. The van der Waals surface area contributed by atoms with Crippen LogP contribution >= 0.6 is 0 Å². The van der Waals surface area contributed by atoms with Gasteiger partial charge in [0, 0.05) is 29.8 Å². The highest BCUT2D eigenvalue weighted by atomic mass is 19.2. The molecule has 1 heterocycles. The Bertz CT molecular complexity index is 1180. The third-order valence-electron chi connectivity index (χ3n) is 6.99. The fourth-order valence-electron chi connectivity index (χ4n) is 5.42. The number of hydrogen-bond acceptors (Lipinski definition) is 3. The van der Waals surface area contributed by atoms with Gasteiger partial charge in [0.1, 0.15) is 0 Å². The summed E-state index contributed by atoms with van der Waals surface area (Å²) in [4.78, 5) is 16.9. The number of imidazole rings is 1. The van der Waals surface area contributed by atoms with E-state index in [0.29, 0.717) is 39.9 Å². The molecule has 0 radical (unpaired) electrons. The first-order valence-corrected chi connectivity index (χ1v) is 10.6. The largest absolute Gasteiger partial charge is 0.349 e. The van der Waals surface area contributed by atoms with Crippen molar-refractivity contribution in [3.63, 3.8) is 0 Å². The third kappa shape index (κ3) is 3.36. The zero-order chi connectivity index (χ0) is 21.7. The Balaban J connectivity index is 1.25. The quantitative estimate of drug-likeness (QED) is 0.656. The van der Waals surface area contributed by atoms with Crippen molar-refractivity contribution in [1.29, 1.82) is 5.26 Å². The van der Waals surface area contributed by atoms with E-state index in [9.17, 15) is 13.6 Å². The van der Waals surface area contributed by atoms with Gasteiger partial charge < -0.3 is 9.88 Å². The van der Waals surface area contributed by atoms with Crippen LogP contribution < -0.4 is 5.32 Å². The van der Waals surface area contributed by atoms with Gasteiger partial charge in [-0.1, -0.05) is 6.92 Å². The molecule has 1 amide bonds. The van der Waals surface area contributed by atoms with Crippen molar-refractivity contribution in [3.05, 3.63) is 65.5 Å². The summed E-state index contributed by atoms with van der Waals surface area (Å²) in [7, 11) is 0. The lowest BCUT2D eigenvalue weighted by Crippen LogP contribution is -2.37. The molecule has 31 heavy (non-hydrogen) atoms. The van der Waals surface area contributed by atoms with Gasteiger partial charge in [-0.15, -0.1) is 0 Å². The van der Waals surface area contributed by atoms with Crippen LogP contribution in [-0.4, -0.2) is 21.5 Å². The van der Waals surface area contributed by atoms with Crippen LogP contribution in [0.3, 0.4) is 0 Å². The summed E-state index contributed by atoms with van der Waals surface area (Å²) in [6.07, 6.45) is 4.42. The van der Waals surface area contributed by atoms with E-state index < -0.39 is 11.6 Å². The number of halogens is 2. The van der Waals surface area contributed by atoms with Gasteiger partial charge in [0.15, 0.2) is 11.6 Å². The summed E-state index contributed by atoms with van der Waals surface area (Å²) >= 11 is 0. The molecule has 0 unspecified atom stereocenters. The molecule has 0 bridgehead atoms. The Morgan fingerprint density at radius 1 is 1.23 bits per heavy atom. The minimum Gasteiger partial charge on any atom is -0.349 e. The zero-order valence-electron chi connectivity index (χ0n) is 17.1. The molecule has 5 atom stereocenters. The Hall–Kier alpha value is -3.27. The molecule has 2 aromatic carbocycles. The number of carbonyl (C=O) groups excluding carboxylic acids is 1. The molecule has 0 saturated heterocycles. The summed E-state index contributed by atoms with van der Waals surface area (Å²) < 4.78 is 29.2. The molecule has 0 spiro atoms. The molecule has 2 fully saturated rings. The smallest absolute Gasteiger partial charge is 0.251 e. The number of hydrogen-bond donors (Lipinski definition) is 1. The summed E-state index contributed by atoms with van der Waals surface area (Å²) in [5.41, 5.74) is 2.18. The molecule has 158 valence electrons. The normalized spacial score (nSPS) is 25.1. The van der Waals surface area contributed by atoms with Gasteiger partial charge in [-0.3, -0.25) is 4.79 Å². The molecule has 2 aliphatic carbocycles. The number of nitriles is 1. The molecule has 2 aliphatic rings. The van der Waals surface area contributed by atoms with Gasteiger partial charge in [-0.05, 0) is 61.3 Å². The molecule has 1 aromatic heterocycles. The number of nitrogens with one attached hydrogen (secondary N) is 1. The summed E-state index contributed by atoms with van der Waals surface area (Å²) in [6.45, 7) is 2.08. The third-order valence-corrected chi connectivity index (χ3v) is 6.99. The standard InChI is InChI=1S/C24H22F2N4O/c1-2-20(29-24(31)14-5-3-13(11-27)4-6-14)23-16-7-15(8-17(16)23)30-12-28-21-9-18(25)19(26)10-22(21)30/h3-6,9-10,12,15-17,20,23H,2,7-8H2,1H3,(H,29,31)/t15-,16-,17+,20-,23+/m1/s1. The van der Waals surface area contributed by atoms with Gasteiger partial charge in [-0.2, -0.15) is 5.26 Å². The molecule has 1 N–H and O–H groups in total. The van der Waals surface area contributed by atoms with Gasteiger partial charge in [0.25, 0.3) is 5.91 Å². The average Bonchev–Trinajstić information content (AvgIpc) is 3.10. The molecular weight excluding hydrogens is 398 g/mol. The summed E-state index contributed by atoms with van der Waals surface area (Å²) in [5.74, 6) is -0.385. The van der Waals surface area contributed by atoms with Crippen molar-refractivity contribution in [2.24, 2.45) is 17.8 Å². The van der Waals surface area contributed by atoms with Crippen molar-refractivity contribution >= 4 is 16.9 Å².